The molecule has 3 nitrogen and oxygen atoms in total. The molecule has 1 atom stereocenters. The summed E-state index contributed by atoms with van der Waals surface area (Å²) in [6.07, 6.45) is 9.73. The summed E-state index contributed by atoms with van der Waals surface area (Å²) in [6.45, 7) is 0.831. The molecule has 1 unspecified atom stereocenters. The zero-order valence-corrected chi connectivity index (χ0v) is 10.1. The van der Waals surface area contributed by atoms with Crippen LogP contribution in [0.25, 0.3) is 0 Å². The van der Waals surface area contributed by atoms with Crippen molar-refractivity contribution in [2.45, 2.75) is 56.8 Å². The third-order valence-corrected chi connectivity index (χ3v) is 4.20. The number of ether oxygens (including phenoxy) is 1. The van der Waals surface area contributed by atoms with Crippen LogP contribution in [0.4, 0.5) is 0 Å². The normalized spacial score (nSPS) is 26.4. The molecule has 1 aromatic heterocycles. The van der Waals surface area contributed by atoms with E-state index in [1.165, 1.54) is 32.1 Å². The van der Waals surface area contributed by atoms with E-state index in [0.717, 1.165) is 18.7 Å². The maximum Gasteiger partial charge on any atom is 0.120 e. The van der Waals surface area contributed by atoms with Crippen molar-refractivity contribution in [3.63, 3.8) is 0 Å². The van der Waals surface area contributed by atoms with E-state index in [4.69, 9.17) is 10.00 Å². The van der Waals surface area contributed by atoms with Crippen molar-refractivity contribution >= 4 is 0 Å². The van der Waals surface area contributed by atoms with Crippen LogP contribution in [0, 0.1) is 11.3 Å². The fraction of sp³-hybridized carbons (Fsp3) is 0.643. The van der Waals surface area contributed by atoms with Gasteiger partial charge in [-0.1, -0.05) is 12.8 Å². The Labute approximate surface area is 102 Å². The second-order valence-corrected chi connectivity index (χ2v) is 5.33. The van der Waals surface area contributed by atoms with Gasteiger partial charge in [-0.25, -0.2) is 0 Å². The lowest BCUT2D eigenvalue weighted by Crippen LogP contribution is -2.26. The first kappa shape index (κ1) is 10.9. The Hall–Kier alpha value is -1.27. The molecule has 1 saturated carbocycles. The summed E-state index contributed by atoms with van der Waals surface area (Å²) in [5.74, 6) is 0. The predicted octanol–water partition coefficient (Wildman–Crippen LogP) is 2.85. The minimum atomic E-state index is 0.199. The average Bonchev–Trinajstić information content (AvgIpc) is 3.03. The predicted molar refractivity (Wildman–Crippen MR) is 64.5 cm³/mol. The fourth-order valence-corrected chi connectivity index (χ4v) is 3.31. The molecule has 0 radical (unpaired) electrons. The molecule has 0 bridgehead atoms. The number of nitriles is 1. The molecule has 17 heavy (non-hydrogen) atoms. The van der Waals surface area contributed by atoms with Crippen molar-refractivity contribution < 1.29 is 4.74 Å². The molecule has 3 heteroatoms. The van der Waals surface area contributed by atoms with E-state index in [0.29, 0.717) is 6.10 Å². The first-order valence-electron chi connectivity index (χ1n) is 6.54. The number of hydrogen-bond donors (Lipinski definition) is 0. The first-order valence-corrected chi connectivity index (χ1v) is 6.54. The number of rotatable bonds is 2. The largest absolute Gasteiger partial charge is 0.370 e. The summed E-state index contributed by atoms with van der Waals surface area (Å²) in [6, 6.07) is 6.01. The van der Waals surface area contributed by atoms with E-state index in [1.807, 2.05) is 22.9 Å². The second-order valence-electron chi connectivity index (χ2n) is 5.33. The van der Waals surface area contributed by atoms with Gasteiger partial charge < -0.3 is 9.30 Å². The molecule has 0 amide bonds. The van der Waals surface area contributed by atoms with Crippen LogP contribution in [0.2, 0.25) is 0 Å². The molecule has 2 fully saturated rings. The Bertz CT molecular complexity index is 437. The van der Waals surface area contributed by atoms with Crippen molar-refractivity contribution in [3.8, 4) is 6.07 Å². The summed E-state index contributed by atoms with van der Waals surface area (Å²) in [5, 5.41) is 8.97. The van der Waals surface area contributed by atoms with Crippen LogP contribution in [-0.2, 0) is 11.3 Å². The SMILES string of the molecule is N#Cc1cccn1CC1CCC2(CCCC2)O1. The lowest BCUT2D eigenvalue weighted by molar-refractivity contribution is -0.0418. The van der Waals surface area contributed by atoms with Crippen LogP contribution in [-0.4, -0.2) is 16.3 Å². The van der Waals surface area contributed by atoms with E-state index in [-0.39, 0.29) is 5.60 Å². The second kappa shape index (κ2) is 4.19. The van der Waals surface area contributed by atoms with Crippen LogP contribution in [0.3, 0.4) is 0 Å². The highest BCUT2D eigenvalue weighted by Gasteiger charge is 2.42. The van der Waals surface area contributed by atoms with E-state index in [2.05, 4.69) is 6.07 Å². The summed E-state index contributed by atoms with van der Waals surface area (Å²) in [5.41, 5.74) is 0.936. The molecule has 2 aliphatic rings. The van der Waals surface area contributed by atoms with Crippen molar-refractivity contribution in [2.24, 2.45) is 0 Å². The fourth-order valence-electron chi connectivity index (χ4n) is 3.31. The van der Waals surface area contributed by atoms with Crippen molar-refractivity contribution in [1.29, 1.82) is 5.26 Å². The van der Waals surface area contributed by atoms with E-state index in [1.54, 1.807) is 0 Å². The zero-order chi connectivity index (χ0) is 11.7. The van der Waals surface area contributed by atoms with E-state index < -0.39 is 0 Å². The average molecular weight is 230 g/mol. The Balaban J connectivity index is 1.66. The quantitative estimate of drug-likeness (QED) is 0.783. The monoisotopic (exact) mass is 230 g/mol. The van der Waals surface area contributed by atoms with Gasteiger partial charge in [-0.3, -0.25) is 0 Å². The van der Waals surface area contributed by atoms with Gasteiger partial charge in [0.1, 0.15) is 11.8 Å². The minimum absolute atomic E-state index is 0.199. The van der Waals surface area contributed by atoms with Crippen LogP contribution in [0.15, 0.2) is 18.3 Å². The van der Waals surface area contributed by atoms with E-state index in [9.17, 15) is 0 Å². The van der Waals surface area contributed by atoms with Gasteiger partial charge in [0.15, 0.2) is 0 Å². The van der Waals surface area contributed by atoms with Crippen LogP contribution in [0.5, 0.6) is 0 Å². The number of hydrogen-bond acceptors (Lipinski definition) is 2. The van der Waals surface area contributed by atoms with Crippen molar-refractivity contribution in [2.75, 3.05) is 0 Å². The maximum atomic E-state index is 8.97. The zero-order valence-electron chi connectivity index (χ0n) is 10.1. The van der Waals surface area contributed by atoms with Gasteiger partial charge >= 0.3 is 0 Å². The van der Waals surface area contributed by atoms with Gasteiger partial charge in [-0.2, -0.15) is 5.26 Å². The highest BCUT2D eigenvalue weighted by Crippen LogP contribution is 2.43. The Morgan fingerprint density at radius 3 is 3.00 bits per heavy atom. The highest BCUT2D eigenvalue weighted by molar-refractivity contribution is 5.22. The molecule has 1 aliphatic carbocycles. The molecule has 1 aromatic rings. The van der Waals surface area contributed by atoms with Crippen molar-refractivity contribution in [3.05, 3.63) is 24.0 Å². The summed E-state index contributed by atoms with van der Waals surface area (Å²) in [4.78, 5) is 0. The molecule has 0 aromatic carbocycles. The number of nitrogens with zero attached hydrogens (tertiary/aromatic N) is 2. The first-order chi connectivity index (χ1) is 8.31. The topological polar surface area (TPSA) is 38.0 Å². The Morgan fingerprint density at radius 1 is 1.41 bits per heavy atom. The van der Waals surface area contributed by atoms with Gasteiger partial charge in [0.05, 0.1) is 11.7 Å². The van der Waals surface area contributed by atoms with Crippen LogP contribution in [0.1, 0.15) is 44.2 Å². The van der Waals surface area contributed by atoms with Gasteiger partial charge in [0, 0.05) is 12.7 Å². The summed E-state index contributed by atoms with van der Waals surface area (Å²) < 4.78 is 8.26. The molecular weight excluding hydrogens is 212 g/mol. The number of aromatic nitrogens is 1. The molecule has 90 valence electrons. The molecule has 2 heterocycles. The molecule has 3 rings (SSSR count). The summed E-state index contributed by atoms with van der Waals surface area (Å²) in [7, 11) is 0. The van der Waals surface area contributed by atoms with Gasteiger partial charge in [0.2, 0.25) is 0 Å². The van der Waals surface area contributed by atoms with Gasteiger partial charge in [-0.05, 0) is 37.8 Å². The molecule has 1 spiro atoms. The van der Waals surface area contributed by atoms with Gasteiger partial charge in [-0.15, -0.1) is 0 Å². The summed E-state index contributed by atoms with van der Waals surface area (Å²) >= 11 is 0. The smallest absolute Gasteiger partial charge is 0.120 e. The third-order valence-electron chi connectivity index (χ3n) is 4.20. The van der Waals surface area contributed by atoms with Crippen LogP contribution >= 0.6 is 0 Å². The minimum Gasteiger partial charge on any atom is -0.370 e. The molecule has 1 saturated heterocycles. The third kappa shape index (κ3) is 1.98. The highest BCUT2D eigenvalue weighted by atomic mass is 16.5. The lowest BCUT2D eigenvalue weighted by Gasteiger charge is -2.24. The molecular formula is C14H18N2O. The van der Waals surface area contributed by atoms with E-state index >= 15 is 0 Å². The Kier molecular flexibility index (Phi) is 2.68. The maximum absolute atomic E-state index is 8.97. The lowest BCUT2D eigenvalue weighted by atomic mass is 9.98. The molecule has 1 aliphatic heterocycles. The van der Waals surface area contributed by atoms with Crippen molar-refractivity contribution in [1.82, 2.24) is 4.57 Å². The van der Waals surface area contributed by atoms with Crippen LogP contribution < -0.4 is 0 Å². The molecule has 0 N–H and O–H groups in total. The van der Waals surface area contributed by atoms with Gasteiger partial charge in [0.25, 0.3) is 0 Å². The Morgan fingerprint density at radius 2 is 2.24 bits per heavy atom. The standard InChI is InChI=1S/C14H18N2O/c15-10-12-4-3-9-16(12)11-13-5-8-14(17-13)6-1-2-7-14/h3-4,9,13H,1-2,5-8,11H2.